The van der Waals surface area contributed by atoms with Crippen molar-refractivity contribution in [3.05, 3.63) is 0 Å². The van der Waals surface area contributed by atoms with Crippen molar-refractivity contribution in [2.24, 2.45) is 5.92 Å². The molecule has 0 unspecified atom stereocenters. The summed E-state index contributed by atoms with van der Waals surface area (Å²) in [4.78, 5) is 0. The third kappa shape index (κ3) is 2.98. The predicted octanol–water partition coefficient (Wildman–Crippen LogP) is 2.07. The molecule has 1 nitrogen and oxygen atoms in total. The minimum atomic E-state index is 1.00. The van der Waals surface area contributed by atoms with E-state index in [1.807, 2.05) is 0 Å². The van der Waals surface area contributed by atoms with Gasteiger partial charge in [0, 0.05) is 12.8 Å². The van der Waals surface area contributed by atoms with Crippen molar-refractivity contribution in [1.29, 1.82) is 0 Å². The van der Waals surface area contributed by atoms with Crippen molar-refractivity contribution in [2.75, 3.05) is 6.54 Å². The molecule has 0 aromatic rings. The van der Waals surface area contributed by atoms with Crippen LogP contribution >= 0.6 is 0 Å². The molecule has 1 heterocycles. The minimum Gasteiger partial charge on any atom is -0.344 e. The van der Waals surface area contributed by atoms with E-state index < -0.39 is 0 Å². The molecule has 1 saturated heterocycles. The van der Waals surface area contributed by atoms with Crippen molar-refractivity contribution < 1.29 is 5.32 Å². The minimum absolute atomic E-state index is 1.00. The van der Waals surface area contributed by atoms with Crippen LogP contribution in [0.25, 0.3) is 0 Å². The largest absolute Gasteiger partial charge is 0.344 e. The van der Waals surface area contributed by atoms with Gasteiger partial charge in [0.1, 0.15) is 0 Å². The average molecular weight is 182 g/mol. The molecule has 2 rings (SSSR count). The Morgan fingerprint density at radius 2 is 1.69 bits per heavy atom. The van der Waals surface area contributed by atoms with Crippen molar-refractivity contribution in [3.8, 4) is 0 Å². The standard InChI is InChI=1S/C12H23N/c1-2-5-11(6-3-1)8-9-12-7-4-10-13-12/h11-13H,1-10H2/p+1/t12-/m1/s1. The molecule has 1 aliphatic carbocycles. The fourth-order valence-corrected chi connectivity index (χ4v) is 3.04. The second-order valence-corrected chi connectivity index (χ2v) is 5.01. The van der Waals surface area contributed by atoms with E-state index in [1.54, 1.807) is 0 Å². The SMILES string of the molecule is C1CCC(CC[C@H]2CCC[NH2+]2)CC1. The molecular formula is C12H24N+. The Balaban J connectivity index is 1.60. The predicted molar refractivity (Wildman–Crippen MR) is 55.6 cm³/mol. The van der Waals surface area contributed by atoms with Gasteiger partial charge < -0.3 is 5.32 Å². The molecule has 1 atom stereocenters. The summed E-state index contributed by atoms with van der Waals surface area (Å²) in [7, 11) is 0. The van der Waals surface area contributed by atoms with Crippen LogP contribution in [0.15, 0.2) is 0 Å². The van der Waals surface area contributed by atoms with Gasteiger partial charge in [-0.25, -0.2) is 0 Å². The normalized spacial score (nSPS) is 30.9. The van der Waals surface area contributed by atoms with Gasteiger partial charge in [0.15, 0.2) is 0 Å². The number of hydrogen-bond donors (Lipinski definition) is 1. The third-order valence-electron chi connectivity index (χ3n) is 3.95. The zero-order valence-electron chi connectivity index (χ0n) is 8.80. The van der Waals surface area contributed by atoms with Crippen LogP contribution in [-0.2, 0) is 0 Å². The van der Waals surface area contributed by atoms with Crippen molar-refractivity contribution in [2.45, 2.75) is 63.8 Å². The van der Waals surface area contributed by atoms with Crippen LogP contribution in [0.1, 0.15) is 57.8 Å². The molecule has 0 aromatic heterocycles. The lowest BCUT2D eigenvalue weighted by Crippen LogP contribution is -2.86. The Kier molecular flexibility index (Phi) is 3.65. The Bertz CT molecular complexity index is 132. The van der Waals surface area contributed by atoms with E-state index in [0.717, 1.165) is 12.0 Å². The van der Waals surface area contributed by atoms with Crippen LogP contribution in [0.5, 0.6) is 0 Å². The summed E-state index contributed by atoms with van der Waals surface area (Å²) in [6.07, 6.45) is 13.6. The fourth-order valence-electron chi connectivity index (χ4n) is 3.04. The highest BCUT2D eigenvalue weighted by Crippen LogP contribution is 2.27. The lowest BCUT2D eigenvalue weighted by atomic mass is 9.85. The molecule has 0 radical (unpaired) electrons. The third-order valence-corrected chi connectivity index (χ3v) is 3.95. The van der Waals surface area contributed by atoms with Gasteiger partial charge in [0.25, 0.3) is 0 Å². The molecule has 1 heteroatoms. The van der Waals surface area contributed by atoms with Crippen LogP contribution < -0.4 is 5.32 Å². The van der Waals surface area contributed by atoms with Gasteiger partial charge in [-0.3, -0.25) is 0 Å². The number of rotatable bonds is 3. The summed E-state index contributed by atoms with van der Waals surface area (Å²) in [6, 6.07) is 1.00. The maximum Gasteiger partial charge on any atom is 0.0861 e. The van der Waals surface area contributed by atoms with Crippen LogP contribution in [0.4, 0.5) is 0 Å². The first-order valence-electron chi connectivity index (χ1n) is 6.28. The number of quaternary nitrogens is 1. The molecule has 13 heavy (non-hydrogen) atoms. The lowest BCUT2D eigenvalue weighted by molar-refractivity contribution is -0.670. The molecule has 0 aromatic carbocycles. The van der Waals surface area contributed by atoms with Crippen LogP contribution in [0, 0.1) is 5.92 Å². The van der Waals surface area contributed by atoms with E-state index >= 15 is 0 Å². The van der Waals surface area contributed by atoms with E-state index in [4.69, 9.17) is 0 Å². The van der Waals surface area contributed by atoms with Gasteiger partial charge in [-0.1, -0.05) is 32.1 Å². The summed E-state index contributed by atoms with van der Waals surface area (Å²) in [5.41, 5.74) is 0. The highest BCUT2D eigenvalue weighted by molar-refractivity contribution is 4.68. The molecule has 76 valence electrons. The molecule has 2 fully saturated rings. The van der Waals surface area contributed by atoms with Gasteiger partial charge in [-0.05, 0) is 18.8 Å². The van der Waals surface area contributed by atoms with Crippen molar-refractivity contribution >= 4 is 0 Å². The monoisotopic (exact) mass is 182 g/mol. The Morgan fingerprint density at radius 3 is 2.38 bits per heavy atom. The Labute approximate surface area is 82.3 Å². The molecule has 2 N–H and O–H groups in total. The second-order valence-electron chi connectivity index (χ2n) is 5.01. The van der Waals surface area contributed by atoms with Gasteiger partial charge in [0.05, 0.1) is 12.6 Å². The molecule has 1 aliphatic heterocycles. The van der Waals surface area contributed by atoms with E-state index in [0.29, 0.717) is 0 Å². The maximum absolute atomic E-state index is 2.57. The number of hydrogen-bond acceptors (Lipinski definition) is 0. The molecule has 0 spiro atoms. The van der Waals surface area contributed by atoms with Gasteiger partial charge in [0.2, 0.25) is 0 Å². The zero-order valence-corrected chi connectivity index (χ0v) is 8.80. The van der Waals surface area contributed by atoms with Gasteiger partial charge in [-0.2, -0.15) is 0 Å². The molecule has 1 saturated carbocycles. The molecule has 2 aliphatic rings. The second kappa shape index (κ2) is 4.99. The average Bonchev–Trinajstić information content (AvgIpc) is 2.69. The summed E-state index contributed by atoms with van der Waals surface area (Å²) in [5, 5.41) is 2.57. The summed E-state index contributed by atoms with van der Waals surface area (Å²) in [6.45, 7) is 1.40. The summed E-state index contributed by atoms with van der Waals surface area (Å²) < 4.78 is 0. The highest BCUT2D eigenvalue weighted by Gasteiger charge is 2.20. The lowest BCUT2D eigenvalue weighted by Gasteiger charge is -2.22. The first-order chi connectivity index (χ1) is 6.45. The first kappa shape index (κ1) is 9.51. The quantitative estimate of drug-likeness (QED) is 0.688. The fraction of sp³-hybridized carbons (Fsp3) is 1.00. The Morgan fingerprint density at radius 1 is 0.846 bits per heavy atom. The van der Waals surface area contributed by atoms with E-state index in [-0.39, 0.29) is 0 Å². The molecule has 0 bridgehead atoms. The van der Waals surface area contributed by atoms with E-state index in [9.17, 15) is 0 Å². The van der Waals surface area contributed by atoms with Crippen LogP contribution in [-0.4, -0.2) is 12.6 Å². The van der Waals surface area contributed by atoms with Crippen molar-refractivity contribution in [3.63, 3.8) is 0 Å². The van der Waals surface area contributed by atoms with Crippen LogP contribution in [0.2, 0.25) is 0 Å². The first-order valence-corrected chi connectivity index (χ1v) is 6.28. The van der Waals surface area contributed by atoms with Crippen molar-refractivity contribution in [1.82, 2.24) is 0 Å². The highest BCUT2D eigenvalue weighted by atomic mass is 14.9. The van der Waals surface area contributed by atoms with Crippen LogP contribution in [0.3, 0.4) is 0 Å². The zero-order chi connectivity index (χ0) is 8.93. The Hall–Kier alpha value is -0.0400. The van der Waals surface area contributed by atoms with Gasteiger partial charge in [-0.15, -0.1) is 0 Å². The van der Waals surface area contributed by atoms with Gasteiger partial charge >= 0.3 is 0 Å². The smallest absolute Gasteiger partial charge is 0.0861 e. The van der Waals surface area contributed by atoms with E-state index in [2.05, 4.69) is 5.32 Å². The molecular weight excluding hydrogens is 158 g/mol. The summed E-state index contributed by atoms with van der Waals surface area (Å²) >= 11 is 0. The maximum atomic E-state index is 2.57. The molecule has 0 amide bonds. The van der Waals surface area contributed by atoms with E-state index in [1.165, 1.54) is 64.3 Å². The summed E-state index contributed by atoms with van der Waals surface area (Å²) in [5.74, 6) is 1.10. The number of nitrogens with two attached hydrogens (primary N) is 1. The topological polar surface area (TPSA) is 16.6 Å².